The topological polar surface area (TPSA) is 50.4 Å². The average molecular weight is 220 g/mol. The molecule has 4 nitrogen and oxygen atoms in total. The highest BCUT2D eigenvalue weighted by Gasteiger charge is 2.21. The predicted octanol–water partition coefficient (Wildman–Crippen LogP) is 0.291. The van der Waals surface area contributed by atoms with Crippen LogP contribution in [-0.2, 0) is 16.1 Å². The van der Waals surface area contributed by atoms with Gasteiger partial charge in [-0.3, -0.25) is 4.79 Å². The molecular formula is C12H16N2O2. The maximum absolute atomic E-state index is 11.6. The Kier molecular flexibility index (Phi) is 3.91. The molecule has 0 aromatic heterocycles. The molecule has 1 aromatic rings. The first kappa shape index (κ1) is 11.1. The van der Waals surface area contributed by atoms with Gasteiger partial charge in [0.15, 0.2) is 0 Å². The first-order valence-electron chi connectivity index (χ1n) is 5.51. The van der Waals surface area contributed by atoms with Crippen molar-refractivity contribution < 1.29 is 9.53 Å². The van der Waals surface area contributed by atoms with Crippen LogP contribution >= 0.6 is 0 Å². The predicted molar refractivity (Wildman–Crippen MR) is 60.9 cm³/mol. The molecule has 1 aromatic carbocycles. The zero-order valence-electron chi connectivity index (χ0n) is 9.11. The summed E-state index contributed by atoms with van der Waals surface area (Å²) in [5.74, 6) is -0.184. The second-order valence-electron chi connectivity index (χ2n) is 3.80. The van der Waals surface area contributed by atoms with Gasteiger partial charge in [0.05, 0.1) is 0 Å². The van der Waals surface area contributed by atoms with Crippen LogP contribution in [0.2, 0.25) is 0 Å². The Balaban J connectivity index is 1.79. The molecule has 0 aliphatic carbocycles. The average Bonchev–Trinajstić information content (AvgIpc) is 2.38. The van der Waals surface area contributed by atoms with Crippen LogP contribution in [0.15, 0.2) is 30.3 Å². The molecule has 4 heteroatoms. The zero-order chi connectivity index (χ0) is 11.2. The fourth-order valence-electron chi connectivity index (χ4n) is 1.65. The molecular weight excluding hydrogens is 204 g/mol. The number of carbonyl (C=O) groups excluding carboxylic acids is 1. The molecule has 1 heterocycles. The van der Waals surface area contributed by atoms with Gasteiger partial charge in [-0.05, 0) is 5.56 Å². The van der Waals surface area contributed by atoms with Gasteiger partial charge in [-0.15, -0.1) is 0 Å². The molecule has 1 atom stereocenters. The highest BCUT2D eigenvalue weighted by Crippen LogP contribution is 2.02. The van der Waals surface area contributed by atoms with Crippen molar-refractivity contribution in [3.8, 4) is 0 Å². The van der Waals surface area contributed by atoms with E-state index >= 15 is 0 Å². The molecule has 0 radical (unpaired) electrons. The molecule has 16 heavy (non-hydrogen) atoms. The molecule has 1 aliphatic heterocycles. The first-order valence-corrected chi connectivity index (χ1v) is 5.51. The van der Waals surface area contributed by atoms with E-state index in [-0.39, 0.29) is 12.0 Å². The van der Waals surface area contributed by atoms with Crippen molar-refractivity contribution in [2.75, 3.05) is 19.6 Å². The van der Waals surface area contributed by atoms with Crippen molar-refractivity contribution >= 4 is 5.97 Å². The number of benzene rings is 1. The number of carbonyl (C=O) groups is 1. The summed E-state index contributed by atoms with van der Waals surface area (Å²) in [6.45, 7) is 2.71. The highest BCUT2D eigenvalue weighted by molar-refractivity contribution is 5.76. The lowest BCUT2D eigenvalue weighted by Crippen LogP contribution is -2.52. The van der Waals surface area contributed by atoms with Gasteiger partial charge in [0.25, 0.3) is 0 Å². The van der Waals surface area contributed by atoms with Crippen LogP contribution in [0.3, 0.4) is 0 Å². The van der Waals surface area contributed by atoms with Crippen LogP contribution in [0.25, 0.3) is 0 Å². The van der Waals surface area contributed by atoms with E-state index < -0.39 is 0 Å². The molecule has 0 spiro atoms. The van der Waals surface area contributed by atoms with E-state index in [9.17, 15) is 4.79 Å². The summed E-state index contributed by atoms with van der Waals surface area (Å²) < 4.78 is 5.23. The third-order valence-electron chi connectivity index (χ3n) is 2.55. The highest BCUT2D eigenvalue weighted by atomic mass is 16.5. The summed E-state index contributed by atoms with van der Waals surface area (Å²) in [7, 11) is 0. The fraction of sp³-hybridized carbons (Fsp3) is 0.417. The van der Waals surface area contributed by atoms with Crippen molar-refractivity contribution in [1.82, 2.24) is 10.6 Å². The van der Waals surface area contributed by atoms with Crippen molar-refractivity contribution in [3.05, 3.63) is 35.9 Å². The quantitative estimate of drug-likeness (QED) is 0.719. The number of piperazine rings is 1. The van der Waals surface area contributed by atoms with Crippen LogP contribution in [-0.4, -0.2) is 31.6 Å². The maximum Gasteiger partial charge on any atom is 0.324 e. The summed E-state index contributed by atoms with van der Waals surface area (Å²) in [6, 6.07) is 9.49. The number of nitrogens with one attached hydrogen (secondary N) is 2. The van der Waals surface area contributed by atoms with E-state index in [4.69, 9.17) is 4.74 Å². The van der Waals surface area contributed by atoms with Gasteiger partial charge in [-0.25, -0.2) is 0 Å². The summed E-state index contributed by atoms with van der Waals surface area (Å²) in [4.78, 5) is 11.6. The number of ether oxygens (including phenoxy) is 1. The van der Waals surface area contributed by atoms with E-state index in [0.717, 1.165) is 18.7 Å². The summed E-state index contributed by atoms with van der Waals surface area (Å²) in [5, 5.41) is 6.27. The van der Waals surface area contributed by atoms with Gasteiger partial charge >= 0.3 is 5.97 Å². The van der Waals surface area contributed by atoms with E-state index in [2.05, 4.69) is 10.6 Å². The van der Waals surface area contributed by atoms with E-state index in [1.54, 1.807) is 0 Å². The van der Waals surface area contributed by atoms with Gasteiger partial charge in [-0.1, -0.05) is 30.3 Å². The van der Waals surface area contributed by atoms with E-state index in [1.807, 2.05) is 30.3 Å². The second-order valence-corrected chi connectivity index (χ2v) is 3.80. The summed E-state index contributed by atoms with van der Waals surface area (Å²) in [5.41, 5.74) is 1.01. The molecule has 2 rings (SSSR count). The largest absolute Gasteiger partial charge is 0.460 e. The van der Waals surface area contributed by atoms with Crippen LogP contribution in [0.4, 0.5) is 0 Å². The molecule has 0 unspecified atom stereocenters. The number of hydrogen-bond acceptors (Lipinski definition) is 4. The molecule has 0 amide bonds. The van der Waals surface area contributed by atoms with E-state index in [0.29, 0.717) is 13.2 Å². The van der Waals surface area contributed by atoms with Crippen molar-refractivity contribution in [2.45, 2.75) is 12.6 Å². The monoisotopic (exact) mass is 220 g/mol. The number of hydrogen-bond donors (Lipinski definition) is 2. The van der Waals surface area contributed by atoms with E-state index in [1.165, 1.54) is 0 Å². The van der Waals surface area contributed by atoms with Crippen LogP contribution in [0.5, 0.6) is 0 Å². The van der Waals surface area contributed by atoms with Crippen LogP contribution in [0.1, 0.15) is 5.56 Å². The second kappa shape index (κ2) is 5.63. The first-order chi connectivity index (χ1) is 7.86. The van der Waals surface area contributed by atoms with Gasteiger partial charge in [0.2, 0.25) is 0 Å². The Morgan fingerprint density at radius 1 is 1.31 bits per heavy atom. The standard InChI is InChI=1S/C12H16N2O2/c15-12(11-8-13-6-7-14-11)16-9-10-4-2-1-3-5-10/h1-5,11,13-14H,6-9H2/t11-/m1/s1. The van der Waals surface area contributed by atoms with Crippen molar-refractivity contribution in [2.24, 2.45) is 0 Å². The van der Waals surface area contributed by atoms with Gasteiger partial charge in [-0.2, -0.15) is 0 Å². The van der Waals surface area contributed by atoms with Crippen LogP contribution < -0.4 is 10.6 Å². The molecule has 1 saturated heterocycles. The molecule has 2 N–H and O–H groups in total. The lowest BCUT2D eigenvalue weighted by Gasteiger charge is -2.22. The lowest BCUT2D eigenvalue weighted by molar-refractivity contribution is -0.147. The van der Waals surface area contributed by atoms with Gasteiger partial charge in [0, 0.05) is 19.6 Å². The van der Waals surface area contributed by atoms with Crippen molar-refractivity contribution in [1.29, 1.82) is 0 Å². The summed E-state index contributed by atoms with van der Waals surface area (Å²) in [6.07, 6.45) is 0. The third kappa shape index (κ3) is 3.05. The van der Waals surface area contributed by atoms with Crippen molar-refractivity contribution in [3.63, 3.8) is 0 Å². The van der Waals surface area contributed by atoms with Crippen LogP contribution in [0, 0.1) is 0 Å². The minimum atomic E-state index is -0.211. The molecule has 1 fully saturated rings. The minimum Gasteiger partial charge on any atom is -0.460 e. The Morgan fingerprint density at radius 2 is 2.12 bits per heavy atom. The van der Waals surface area contributed by atoms with Gasteiger partial charge < -0.3 is 15.4 Å². The summed E-state index contributed by atoms with van der Waals surface area (Å²) >= 11 is 0. The number of rotatable bonds is 3. The molecule has 1 aliphatic rings. The fourth-order valence-corrected chi connectivity index (χ4v) is 1.65. The molecule has 0 bridgehead atoms. The maximum atomic E-state index is 11.6. The SMILES string of the molecule is O=C(OCc1ccccc1)[C@H]1CNCCN1. The Bertz CT molecular complexity index is 334. The molecule has 86 valence electrons. The molecule has 0 saturated carbocycles. The van der Waals surface area contributed by atoms with Gasteiger partial charge in [0.1, 0.15) is 12.6 Å². The third-order valence-corrected chi connectivity index (χ3v) is 2.55. The smallest absolute Gasteiger partial charge is 0.324 e. The Hall–Kier alpha value is -1.39. The number of esters is 1. The minimum absolute atomic E-state index is 0.184. The normalized spacial score (nSPS) is 20.4. The Morgan fingerprint density at radius 3 is 2.81 bits per heavy atom. The lowest BCUT2D eigenvalue weighted by atomic mass is 10.2. The Labute approximate surface area is 95.0 Å². The zero-order valence-corrected chi connectivity index (χ0v) is 9.11.